The number of rotatable bonds is 74. The van der Waals surface area contributed by atoms with Gasteiger partial charge in [0.05, 0.1) is 26.4 Å². The molecule has 0 heterocycles. The van der Waals surface area contributed by atoms with Gasteiger partial charge in [-0.05, 0) is 43.4 Å². The lowest BCUT2D eigenvalue weighted by molar-refractivity contribution is -0.161. The predicted molar refractivity (Wildman–Crippen MR) is 386 cm³/mol. The van der Waals surface area contributed by atoms with Gasteiger partial charge in [0.15, 0.2) is 12.2 Å². The van der Waals surface area contributed by atoms with E-state index in [2.05, 4.69) is 48.5 Å². The summed E-state index contributed by atoms with van der Waals surface area (Å²) in [6, 6.07) is 0. The first-order valence-electron chi connectivity index (χ1n) is 39.5. The molecule has 0 aliphatic heterocycles. The Bertz CT molecular complexity index is 1860. The molecule has 564 valence electrons. The summed E-state index contributed by atoms with van der Waals surface area (Å²) in [6.07, 6.45) is 52.5. The van der Waals surface area contributed by atoms with Crippen LogP contribution in [0.5, 0.6) is 0 Å². The van der Waals surface area contributed by atoms with Crippen LogP contribution < -0.4 is 0 Å². The van der Waals surface area contributed by atoms with E-state index in [9.17, 15) is 43.2 Å². The van der Waals surface area contributed by atoms with Crippen LogP contribution in [0.4, 0.5) is 0 Å². The standard InChI is InChI=1S/C76H148O17P2/c1-8-12-13-14-15-16-17-20-24-31-36-45-52-59-76(81)93-72(64-87-74(79)58-51-44-39-38-42-49-56-69(7)11-4)66-91-95(84,85)89-62-70(77)61-88-94(82,83)90-65-71(63-86-73(78)57-50-43-35-30-27-26-29-34-41-48-55-68(6)10-3)92-75(80)60-53-46-37-32-25-22-19-18-21-23-28-33-40-47-54-67(5)9-2/h67-72,77H,8-66H2,1-7H3,(H,82,83)(H,84,85)/t67?,68?,69?,70-,71-,72-/m1/s1. The highest BCUT2D eigenvalue weighted by atomic mass is 31.2. The van der Waals surface area contributed by atoms with E-state index in [0.717, 1.165) is 114 Å². The molecule has 5 unspecified atom stereocenters. The zero-order valence-corrected chi connectivity index (χ0v) is 63.9. The molecule has 0 spiro atoms. The Labute approximate surface area is 581 Å². The number of carbonyl (C=O) groups excluding carboxylic acids is 4. The second kappa shape index (κ2) is 66.6. The number of phosphoric ester groups is 2. The Morgan fingerprint density at radius 2 is 0.505 bits per heavy atom. The first-order chi connectivity index (χ1) is 45.8. The molecule has 0 aromatic rings. The molecule has 8 atom stereocenters. The average Bonchev–Trinajstić information content (AvgIpc) is 1.34. The van der Waals surface area contributed by atoms with Crippen molar-refractivity contribution in [3.8, 4) is 0 Å². The maximum absolute atomic E-state index is 13.1. The molecule has 0 bridgehead atoms. The van der Waals surface area contributed by atoms with Crippen molar-refractivity contribution < 1.29 is 80.2 Å². The van der Waals surface area contributed by atoms with Crippen LogP contribution >= 0.6 is 15.6 Å². The highest BCUT2D eigenvalue weighted by molar-refractivity contribution is 7.47. The van der Waals surface area contributed by atoms with Crippen LogP contribution in [0.1, 0.15) is 389 Å². The topological polar surface area (TPSA) is 237 Å². The number of phosphoric acid groups is 2. The Hall–Kier alpha value is -1.94. The summed E-state index contributed by atoms with van der Waals surface area (Å²) in [5.74, 6) is 0.269. The molecular formula is C76H148O17P2. The van der Waals surface area contributed by atoms with E-state index in [-0.39, 0.29) is 25.7 Å². The first kappa shape index (κ1) is 93.1. The van der Waals surface area contributed by atoms with Gasteiger partial charge in [-0.3, -0.25) is 37.3 Å². The minimum Gasteiger partial charge on any atom is -0.462 e. The fourth-order valence-corrected chi connectivity index (χ4v) is 13.1. The van der Waals surface area contributed by atoms with Crippen molar-refractivity contribution in [3.05, 3.63) is 0 Å². The van der Waals surface area contributed by atoms with Gasteiger partial charge in [0.25, 0.3) is 0 Å². The number of aliphatic hydroxyl groups is 1. The van der Waals surface area contributed by atoms with Crippen molar-refractivity contribution in [3.63, 3.8) is 0 Å². The smallest absolute Gasteiger partial charge is 0.462 e. The molecule has 95 heavy (non-hydrogen) atoms. The fraction of sp³-hybridized carbons (Fsp3) is 0.947. The lowest BCUT2D eigenvalue weighted by atomic mass is 9.99. The zero-order valence-electron chi connectivity index (χ0n) is 62.1. The Morgan fingerprint density at radius 1 is 0.295 bits per heavy atom. The van der Waals surface area contributed by atoms with Gasteiger partial charge in [0.2, 0.25) is 0 Å². The van der Waals surface area contributed by atoms with Crippen molar-refractivity contribution >= 4 is 39.5 Å². The number of ether oxygens (including phenoxy) is 4. The van der Waals surface area contributed by atoms with E-state index in [1.54, 1.807) is 0 Å². The summed E-state index contributed by atoms with van der Waals surface area (Å²) in [4.78, 5) is 72.8. The molecule has 0 rings (SSSR count). The van der Waals surface area contributed by atoms with Gasteiger partial charge in [-0.2, -0.15) is 0 Å². The van der Waals surface area contributed by atoms with Crippen LogP contribution in [0.15, 0.2) is 0 Å². The van der Waals surface area contributed by atoms with E-state index >= 15 is 0 Å². The third-order valence-corrected chi connectivity index (χ3v) is 20.6. The molecule has 0 aromatic carbocycles. The van der Waals surface area contributed by atoms with Crippen LogP contribution in [-0.2, 0) is 65.4 Å². The summed E-state index contributed by atoms with van der Waals surface area (Å²) in [7, 11) is -9.91. The van der Waals surface area contributed by atoms with E-state index in [1.165, 1.54) is 193 Å². The lowest BCUT2D eigenvalue weighted by Gasteiger charge is -2.21. The minimum absolute atomic E-state index is 0.107. The molecule has 0 radical (unpaired) electrons. The fourth-order valence-electron chi connectivity index (χ4n) is 11.5. The molecule has 19 heteroatoms. The quantitative estimate of drug-likeness (QED) is 0.0222. The maximum atomic E-state index is 13.1. The van der Waals surface area contributed by atoms with Crippen LogP contribution in [0.25, 0.3) is 0 Å². The summed E-state index contributed by atoms with van der Waals surface area (Å²) >= 11 is 0. The second-order valence-corrected chi connectivity index (χ2v) is 31.0. The second-order valence-electron chi connectivity index (χ2n) is 28.1. The molecule has 0 fully saturated rings. The van der Waals surface area contributed by atoms with E-state index < -0.39 is 97.5 Å². The molecular weight excluding hydrogens is 1250 g/mol. The van der Waals surface area contributed by atoms with Gasteiger partial charge in [0, 0.05) is 25.7 Å². The SMILES string of the molecule is CCCCCCCCCCCCCCCC(=O)O[C@H](COC(=O)CCCCCCCCC(C)CC)COP(=O)(O)OC[C@H](O)COP(=O)(O)OC[C@@H](COC(=O)CCCCCCCCCCCCC(C)CC)OC(=O)CCCCCCCCCCCCCCCCC(C)CC. The molecule has 0 aliphatic carbocycles. The molecule has 17 nitrogen and oxygen atoms in total. The van der Waals surface area contributed by atoms with Crippen LogP contribution in [0, 0.1) is 17.8 Å². The van der Waals surface area contributed by atoms with Gasteiger partial charge in [-0.25, -0.2) is 9.13 Å². The van der Waals surface area contributed by atoms with Gasteiger partial charge in [0.1, 0.15) is 19.3 Å². The van der Waals surface area contributed by atoms with Crippen LogP contribution in [0.2, 0.25) is 0 Å². The average molecular weight is 1400 g/mol. The van der Waals surface area contributed by atoms with E-state index in [4.69, 9.17) is 37.0 Å². The predicted octanol–water partition coefficient (Wildman–Crippen LogP) is 22.2. The largest absolute Gasteiger partial charge is 0.472 e. The molecule has 0 amide bonds. The number of carbonyl (C=O) groups is 4. The van der Waals surface area contributed by atoms with Crippen LogP contribution in [0.3, 0.4) is 0 Å². The number of hydrogen-bond donors (Lipinski definition) is 3. The number of esters is 4. The van der Waals surface area contributed by atoms with Crippen LogP contribution in [-0.4, -0.2) is 96.7 Å². The highest BCUT2D eigenvalue weighted by Gasteiger charge is 2.30. The van der Waals surface area contributed by atoms with Crippen molar-refractivity contribution in [2.75, 3.05) is 39.6 Å². The maximum Gasteiger partial charge on any atom is 0.472 e. The Kier molecular flexibility index (Phi) is 65.2. The molecule has 0 saturated carbocycles. The van der Waals surface area contributed by atoms with Crippen molar-refractivity contribution in [1.29, 1.82) is 0 Å². The van der Waals surface area contributed by atoms with Gasteiger partial charge in [-0.1, -0.05) is 337 Å². The number of aliphatic hydroxyl groups excluding tert-OH is 1. The Morgan fingerprint density at radius 3 is 0.747 bits per heavy atom. The summed E-state index contributed by atoms with van der Waals surface area (Å²) in [5, 5.41) is 10.6. The summed E-state index contributed by atoms with van der Waals surface area (Å²) in [5.41, 5.74) is 0. The van der Waals surface area contributed by atoms with E-state index in [0.29, 0.717) is 25.7 Å². The molecule has 0 saturated heterocycles. The van der Waals surface area contributed by atoms with Crippen molar-refractivity contribution in [2.45, 2.75) is 407 Å². The van der Waals surface area contributed by atoms with Crippen molar-refractivity contribution in [2.24, 2.45) is 17.8 Å². The summed E-state index contributed by atoms with van der Waals surface area (Å²) in [6.45, 7) is 11.9. The monoisotopic (exact) mass is 1400 g/mol. The highest BCUT2D eigenvalue weighted by Crippen LogP contribution is 2.45. The lowest BCUT2D eigenvalue weighted by Crippen LogP contribution is -2.30. The van der Waals surface area contributed by atoms with Gasteiger partial charge < -0.3 is 33.8 Å². The third kappa shape index (κ3) is 66.4. The van der Waals surface area contributed by atoms with E-state index in [1.807, 2.05) is 0 Å². The minimum atomic E-state index is -4.96. The number of unbranched alkanes of at least 4 members (excludes halogenated alkanes) is 39. The third-order valence-electron chi connectivity index (χ3n) is 18.7. The molecule has 0 aliphatic rings. The van der Waals surface area contributed by atoms with Gasteiger partial charge >= 0.3 is 39.5 Å². The Balaban J connectivity index is 5.26. The zero-order chi connectivity index (χ0) is 70.1. The van der Waals surface area contributed by atoms with Crippen molar-refractivity contribution in [1.82, 2.24) is 0 Å². The first-order valence-corrected chi connectivity index (χ1v) is 42.5. The summed E-state index contributed by atoms with van der Waals surface area (Å²) < 4.78 is 68.5. The molecule has 0 aromatic heterocycles. The normalized spacial score (nSPS) is 14.9. The number of hydrogen-bond acceptors (Lipinski definition) is 15. The molecule has 3 N–H and O–H groups in total. The van der Waals surface area contributed by atoms with Gasteiger partial charge in [-0.15, -0.1) is 0 Å².